The van der Waals surface area contributed by atoms with E-state index < -0.39 is 0 Å². The summed E-state index contributed by atoms with van der Waals surface area (Å²) in [7, 11) is 0. The molecule has 0 heterocycles. The predicted octanol–water partition coefficient (Wildman–Crippen LogP) is 4.92. The summed E-state index contributed by atoms with van der Waals surface area (Å²) >= 11 is 0. The number of hydrogen-bond donors (Lipinski definition) is 1. The van der Waals surface area contributed by atoms with Crippen LogP contribution in [0.3, 0.4) is 0 Å². The van der Waals surface area contributed by atoms with Gasteiger partial charge in [-0.25, -0.2) is 0 Å². The van der Waals surface area contributed by atoms with Gasteiger partial charge in [-0.15, -0.1) is 0 Å². The first-order valence-corrected chi connectivity index (χ1v) is 8.20. The number of rotatable bonds is 8. The molecule has 0 radical (unpaired) electrons. The summed E-state index contributed by atoms with van der Waals surface area (Å²) in [5, 5.41) is 3.66. The molecule has 0 bridgehead atoms. The minimum atomic E-state index is 0.481. The Morgan fingerprint density at radius 2 is 1.62 bits per heavy atom. The number of aryl methyl sites for hydroxylation is 2. The quantitative estimate of drug-likeness (QED) is 0.724. The van der Waals surface area contributed by atoms with Crippen molar-refractivity contribution in [2.75, 3.05) is 6.54 Å². The number of nitrogens with one attached hydrogen (secondary N) is 1. The summed E-state index contributed by atoms with van der Waals surface area (Å²) < 4.78 is 0. The van der Waals surface area contributed by atoms with Gasteiger partial charge in [-0.2, -0.15) is 0 Å². The van der Waals surface area contributed by atoms with Crippen molar-refractivity contribution in [2.45, 2.75) is 45.6 Å². The highest BCUT2D eigenvalue weighted by Gasteiger charge is 2.12. The average Bonchev–Trinajstić information content (AvgIpc) is 2.55. The highest BCUT2D eigenvalue weighted by atomic mass is 14.9. The summed E-state index contributed by atoms with van der Waals surface area (Å²) in [6.45, 7) is 5.46. The zero-order valence-corrected chi connectivity index (χ0v) is 13.3. The Balaban J connectivity index is 1.99. The van der Waals surface area contributed by atoms with Crippen LogP contribution in [0.5, 0.6) is 0 Å². The maximum Gasteiger partial charge on any atom is 0.0322 e. The fourth-order valence-corrected chi connectivity index (χ4v) is 2.97. The van der Waals surface area contributed by atoms with Gasteiger partial charge in [-0.1, -0.05) is 68.4 Å². The fourth-order valence-electron chi connectivity index (χ4n) is 2.97. The lowest BCUT2D eigenvalue weighted by atomic mass is 9.94. The van der Waals surface area contributed by atoms with Gasteiger partial charge < -0.3 is 5.32 Å². The highest BCUT2D eigenvalue weighted by Crippen LogP contribution is 2.23. The molecule has 0 aromatic heterocycles. The molecule has 0 fully saturated rings. The zero-order valence-electron chi connectivity index (χ0n) is 13.3. The molecular weight excluding hydrogens is 254 g/mol. The largest absolute Gasteiger partial charge is 0.310 e. The highest BCUT2D eigenvalue weighted by molar-refractivity contribution is 5.30. The molecule has 1 nitrogen and oxygen atoms in total. The van der Waals surface area contributed by atoms with Crippen LogP contribution in [0.15, 0.2) is 54.6 Å². The Morgan fingerprint density at radius 3 is 2.33 bits per heavy atom. The summed E-state index contributed by atoms with van der Waals surface area (Å²) in [4.78, 5) is 0. The van der Waals surface area contributed by atoms with Gasteiger partial charge in [0.15, 0.2) is 0 Å². The monoisotopic (exact) mass is 281 g/mol. The molecule has 21 heavy (non-hydrogen) atoms. The Labute approximate surface area is 129 Å². The molecule has 1 atom stereocenters. The van der Waals surface area contributed by atoms with Crippen molar-refractivity contribution in [3.05, 3.63) is 71.3 Å². The lowest BCUT2D eigenvalue weighted by Gasteiger charge is -2.21. The second-order valence-electron chi connectivity index (χ2n) is 5.54. The molecule has 2 aromatic rings. The third-order valence-electron chi connectivity index (χ3n) is 4.06. The number of hydrogen-bond acceptors (Lipinski definition) is 1. The smallest absolute Gasteiger partial charge is 0.0322 e. The van der Waals surface area contributed by atoms with Crippen molar-refractivity contribution >= 4 is 0 Å². The standard InChI is InChI=1S/C20H27N/c1-3-18-14-8-9-15-19(18)20(21-4-2)16-10-13-17-11-6-5-7-12-17/h5-9,11-12,14-15,20-21H,3-4,10,13,16H2,1-2H3. The molecule has 1 N–H and O–H groups in total. The fraction of sp³-hybridized carbons (Fsp3) is 0.400. The second kappa shape index (κ2) is 8.63. The lowest BCUT2D eigenvalue weighted by Crippen LogP contribution is -2.22. The van der Waals surface area contributed by atoms with E-state index in [2.05, 4.69) is 73.8 Å². The average molecular weight is 281 g/mol. The van der Waals surface area contributed by atoms with Gasteiger partial charge in [0.25, 0.3) is 0 Å². The Hall–Kier alpha value is -1.60. The van der Waals surface area contributed by atoms with Crippen LogP contribution in [-0.2, 0) is 12.8 Å². The van der Waals surface area contributed by atoms with Gasteiger partial charge in [0.05, 0.1) is 0 Å². The molecule has 0 aliphatic carbocycles. The van der Waals surface area contributed by atoms with Crippen molar-refractivity contribution in [2.24, 2.45) is 0 Å². The van der Waals surface area contributed by atoms with Crippen LogP contribution in [0, 0.1) is 0 Å². The Bertz CT molecular complexity index is 518. The van der Waals surface area contributed by atoms with Crippen LogP contribution in [0.1, 0.15) is 49.4 Å². The second-order valence-corrected chi connectivity index (χ2v) is 5.54. The first-order chi connectivity index (χ1) is 10.3. The molecular formula is C20H27N. The first-order valence-electron chi connectivity index (χ1n) is 8.20. The van der Waals surface area contributed by atoms with E-state index in [1.165, 1.54) is 29.5 Å². The van der Waals surface area contributed by atoms with E-state index in [9.17, 15) is 0 Å². The van der Waals surface area contributed by atoms with E-state index >= 15 is 0 Å². The number of benzene rings is 2. The van der Waals surface area contributed by atoms with Crippen molar-refractivity contribution < 1.29 is 0 Å². The lowest BCUT2D eigenvalue weighted by molar-refractivity contribution is 0.495. The van der Waals surface area contributed by atoms with Crippen molar-refractivity contribution in [1.29, 1.82) is 0 Å². The molecule has 1 unspecified atom stereocenters. The third-order valence-corrected chi connectivity index (χ3v) is 4.06. The van der Waals surface area contributed by atoms with Gasteiger partial charge in [0.1, 0.15) is 0 Å². The molecule has 2 rings (SSSR count). The molecule has 112 valence electrons. The normalized spacial score (nSPS) is 12.3. The van der Waals surface area contributed by atoms with Gasteiger partial charge in [0.2, 0.25) is 0 Å². The van der Waals surface area contributed by atoms with Crippen LogP contribution < -0.4 is 5.32 Å². The molecule has 0 spiro atoms. The molecule has 0 aliphatic heterocycles. The van der Waals surface area contributed by atoms with E-state index in [4.69, 9.17) is 0 Å². The zero-order chi connectivity index (χ0) is 14.9. The van der Waals surface area contributed by atoms with E-state index in [0.717, 1.165) is 19.4 Å². The van der Waals surface area contributed by atoms with Crippen LogP contribution in [0.4, 0.5) is 0 Å². The minimum Gasteiger partial charge on any atom is -0.310 e. The molecule has 0 saturated heterocycles. The summed E-state index contributed by atoms with van der Waals surface area (Å²) in [6.07, 6.45) is 4.69. The Kier molecular flexibility index (Phi) is 6.49. The molecule has 0 amide bonds. The van der Waals surface area contributed by atoms with Crippen molar-refractivity contribution in [3.8, 4) is 0 Å². The van der Waals surface area contributed by atoms with E-state index in [-0.39, 0.29) is 0 Å². The summed E-state index contributed by atoms with van der Waals surface area (Å²) in [6, 6.07) is 20.1. The van der Waals surface area contributed by atoms with Crippen LogP contribution in [-0.4, -0.2) is 6.54 Å². The minimum absolute atomic E-state index is 0.481. The van der Waals surface area contributed by atoms with Crippen LogP contribution >= 0.6 is 0 Å². The van der Waals surface area contributed by atoms with Gasteiger partial charge in [-0.3, -0.25) is 0 Å². The topological polar surface area (TPSA) is 12.0 Å². The van der Waals surface area contributed by atoms with Gasteiger partial charge in [-0.05, 0) is 48.9 Å². The Morgan fingerprint density at radius 1 is 0.905 bits per heavy atom. The van der Waals surface area contributed by atoms with Gasteiger partial charge in [0, 0.05) is 6.04 Å². The summed E-state index contributed by atoms with van der Waals surface area (Å²) in [5.74, 6) is 0. The van der Waals surface area contributed by atoms with Crippen molar-refractivity contribution in [1.82, 2.24) is 5.32 Å². The molecule has 2 aromatic carbocycles. The first kappa shape index (κ1) is 15.8. The van der Waals surface area contributed by atoms with E-state index in [1.807, 2.05) is 0 Å². The van der Waals surface area contributed by atoms with Gasteiger partial charge >= 0.3 is 0 Å². The maximum absolute atomic E-state index is 3.66. The molecule has 0 saturated carbocycles. The van der Waals surface area contributed by atoms with Crippen molar-refractivity contribution in [3.63, 3.8) is 0 Å². The predicted molar refractivity (Wildman–Crippen MR) is 91.6 cm³/mol. The molecule has 0 aliphatic rings. The van der Waals surface area contributed by atoms with E-state index in [0.29, 0.717) is 6.04 Å². The summed E-state index contributed by atoms with van der Waals surface area (Å²) in [5.41, 5.74) is 4.40. The third kappa shape index (κ3) is 4.71. The maximum atomic E-state index is 3.66. The van der Waals surface area contributed by atoms with Crippen LogP contribution in [0.2, 0.25) is 0 Å². The van der Waals surface area contributed by atoms with Crippen LogP contribution in [0.25, 0.3) is 0 Å². The SMILES string of the molecule is CCNC(CCCc1ccccc1)c1ccccc1CC. The molecule has 1 heteroatoms. The van der Waals surface area contributed by atoms with E-state index in [1.54, 1.807) is 0 Å².